The molecule has 112 valence electrons. The lowest BCUT2D eigenvalue weighted by Crippen LogP contribution is -2.49. The van der Waals surface area contributed by atoms with Crippen LogP contribution in [0.2, 0.25) is 0 Å². The molecule has 0 radical (unpaired) electrons. The van der Waals surface area contributed by atoms with Crippen LogP contribution in [0.25, 0.3) is 0 Å². The van der Waals surface area contributed by atoms with E-state index in [1.165, 1.54) is 0 Å². The Balaban J connectivity index is 3.85. The summed E-state index contributed by atoms with van der Waals surface area (Å²) in [6.45, 7) is 4.70. The van der Waals surface area contributed by atoms with Crippen LogP contribution >= 0.6 is 0 Å². The van der Waals surface area contributed by atoms with E-state index in [0.717, 1.165) is 19.3 Å². The van der Waals surface area contributed by atoms with Gasteiger partial charge >= 0.3 is 0 Å². The monoisotopic (exact) mass is 273 g/mol. The fourth-order valence-electron chi connectivity index (χ4n) is 1.60. The molecule has 0 bridgehead atoms. The first kappa shape index (κ1) is 17.9. The molecule has 0 aromatic rings. The van der Waals surface area contributed by atoms with Gasteiger partial charge in [-0.3, -0.25) is 9.59 Å². The van der Waals surface area contributed by atoms with Gasteiger partial charge in [0.25, 0.3) is 0 Å². The van der Waals surface area contributed by atoms with Crippen LogP contribution in [-0.2, 0) is 9.59 Å². The number of carbonyl (C=O) groups is 2. The first-order valence-corrected chi connectivity index (χ1v) is 6.89. The Kier molecular flexibility index (Phi) is 10.1. The van der Waals surface area contributed by atoms with E-state index in [2.05, 4.69) is 24.5 Å². The summed E-state index contributed by atoms with van der Waals surface area (Å²) < 4.78 is 0. The SMILES string of the molecule is CC(C)CCCCNC(=O)[C@@H](CO)NC(=O)CCN. The zero-order chi connectivity index (χ0) is 14.7. The number of hydrogen-bond acceptors (Lipinski definition) is 4. The highest BCUT2D eigenvalue weighted by Gasteiger charge is 2.18. The van der Waals surface area contributed by atoms with Crippen LogP contribution in [0.4, 0.5) is 0 Å². The van der Waals surface area contributed by atoms with Crippen LogP contribution in [0, 0.1) is 5.92 Å². The predicted octanol–water partition coefficient (Wildman–Crippen LogP) is -0.245. The van der Waals surface area contributed by atoms with Crippen molar-refractivity contribution in [2.75, 3.05) is 19.7 Å². The summed E-state index contributed by atoms with van der Waals surface area (Å²) in [6.07, 6.45) is 3.24. The maximum Gasteiger partial charge on any atom is 0.244 e. The maximum atomic E-state index is 11.7. The van der Waals surface area contributed by atoms with E-state index in [1.807, 2.05) is 0 Å². The number of unbranched alkanes of at least 4 members (excludes halogenated alkanes) is 1. The minimum Gasteiger partial charge on any atom is -0.394 e. The van der Waals surface area contributed by atoms with Crippen molar-refractivity contribution in [1.82, 2.24) is 10.6 Å². The smallest absolute Gasteiger partial charge is 0.244 e. The fraction of sp³-hybridized carbons (Fsp3) is 0.846. The number of hydrogen-bond donors (Lipinski definition) is 4. The van der Waals surface area contributed by atoms with E-state index in [-0.39, 0.29) is 24.8 Å². The van der Waals surface area contributed by atoms with Gasteiger partial charge in [0.15, 0.2) is 0 Å². The molecule has 0 unspecified atom stereocenters. The van der Waals surface area contributed by atoms with E-state index in [9.17, 15) is 9.59 Å². The summed E-state index contributed by atoms with van der Waals surface area (Å²) in [4.78, 5) is 23.0. The summed E-state index contributed by atoms with van der Waals surface area (Å²) in [5.74, 6) is -0.00892. The van der Waals surface area contributed by atoms with Crippen molar-refractivity contribution < 1.29 is 14.7 Å². The number of amides is 2. The third-order valence-electron chi connectivity index (χ3n) is 2.71. The van der Waals surface area contributed by atoms with Crippen LogP contribution < -0.4 is 16.4 Å². The van der Waals surface area contributed by atoms with Crippen molar-refractivity contribution in [3.8, 4) is 0 Å². The Labute approximate surface area is 115 Å². The van der Waals surface area contributed by atoms with Crippen molar-refractivity contribution in [3.05, 3.63) is 0 Å². The van der Waals surface area contributed by atoms with Gasteiger partial charge in [0.2, 0.25) is 11.8 Å². The van der Waals surface area contributed by atoms with E-state index in [4.69, 9.17) is 10.8 Å². The first-order chi connectivity index (χ1) is 9.01. The Morgan fingerprint density at radius 1 is 1.26 bits per heavy atom. The third-order valence-corrected chi connectivity index (χ3v) is 2.71. The largest absolute Gasteiger partial charge is 0.394 e. The molecule has 19 heavy (non-hydrogen) atoms. The molecular formula is C13H27N3O3. The van der Waals surface area contributed by atoms with Crippen LogP contribution in [0.3, 0.4) is 0 Å². The van der Waals surface area contributed by atoms with Crippen molar-refractivity contribution in [1.29, 1.82) is 0 Å². The van der Waals surface area contributed by atoms with Gasteiger partial charge in [-0.05, 0) is 12.3 Å². The van der Waals surface area contributed by atoms with Gasteiger partial charge < -0.3 is 21.5 Å². The van der Waals surface area contributed by atoms with Crippen LogP contribution in [0.5, 0.6) is 0 Å². The van der Waals surface area contributed by atoms with Crippen molar-refractivity contribution in [2.45, 2.75) is 45.6 Å². The van der Waals surface area contributed by atoms with Crippen molar-refractivity contribution >= 4 is 11.8 Å². The van der Waals surface area contributed by atoms with Gasteiger partial charge in [-0.15, -0.1) is 0 Å². The van der Waals surface area contributed by atoms with Gasteiger partial charge in [0, 0.05) is 19.5 Å². The minimum absolute atomic E-state index is 0.151. The van der Waals surface area contributed by atoms with E-state index in [0.29, 0.717) is 12.5 Å². The van der Waals surface area contributed by atoms with Crippen LogP contribution in [-0.4, -0.2) is 42.7 Å². The van der Waals surface area contributed by atoms with E-state index < -0.39 is 12.6 Å². The van der Waals surface area contributed by atoms with Gasteiger partial charge in [0.1, 0.15) is 6.04 Å². The molecule has 5 N–H and O–H groups in total. The Bertz CT molecular complexity index is 270. The third kappa shape index (κ3) is 9.44. The number of carbonyl (C=O) groups excluding carboxylic acids is 2. The standard InChI is InChI=1S/C13H27N3O3/c1-10(2)5-3-4-8-15-13(19)11(9-17)16-12(18)6-7-14/h10-11,17H,3-9,14H2,1-2H3,(H,15,19)(H,16,18)/t11-/m1/s1. The second kappa shape index (κ2) is 10.8. The molecule has 0 fully saturated rings. The summed E-state index contributed by atoms with van der Waals surface area (Å²) in [5.41, 5.74) is 5.24. The lowest BCUT2D eigenvalue weighted by atomic mass is 10.1. The molecule has 6 nitrogen and oxygen atoms in total. The quantitative estimate of drug-likeness (QED) is 0.412. The van der Waals surface area contributed by atoms with Gasteiger partial charge in [0.05, 0.1) is 6.61 Å². The molecule has 1 atom stereocenters. The number of nitrogens with one attached hydrogen (secondary N) is 2. The molecule has 0 heterocycles. The molecule has 0 aliphatic carbocycles. The lowest BCUT2D eigenvalue weighted by Gasteiger charge is -2.16. The zero-order valence-electron chi connectivity index (χ0n) is 11.9. The number of nitrogens with two attached hydrogens (primary N) is 1. The molecule has 0 aliphatic rings. The highest BCUT2D eigenvalue weighted by Crippen LogP contribution is 2.05. The number of aliphatic hydroxyl groups excluding tert-OH is 1. The summed E-state index contributed by atoms with van der Waals surface area (Å²) in [5, 5.41) is 14.2. The summed E-state index contributed by atoms with van der Waals surface area (Å²) >= 11 is 0. The zero-order valence-corrected chi connectivity index (χ0v) is 11.9. The molecule has 0 aromatic carbocycles. The van der Waals surface area contributed by atoms with Crippen LogP contribution in [0.1, 0.15) is 39.5 Å². The van der Waals surface area contributed by atoms with Gasteiger partial charge in [-0.25, -0.2) is 0 Å². The van der Waals surface area contributed by atoms with E-state index in [1.54, 1.807) is 0 Å². The topological polar surface area (TPSA) is 104 Å². The first-order valence-electron chi connectivity index (χ1n) is 6.89. The second-order valence-corrected chi connectivity index (χ2v) is 5.02. The number of rotatable bonds is 10. The average molecular weight is 273 g/mol. The molecule has 0 rings (SSSR count). The Morgan fingerprint density at radius 3 is 2.47 bits per heavy atom. The highest BCUT2D eigenvalue weighted by molar-refractivity contribution is 5.87. The minimum atomic E-state index is -0.885. The molecule has 0 saturated heterocycles. The Morgan fingerprint density at radius 2 is 1.95 bits per heavy atom. The molecule has 6 heteroatoms. The molecular weight excluding hydrogens is 246 g/mol. The van der Waals surface area contributed by atoms with Crippen molar-refractivity contribution in [2.24, 2.45) is 11.7 Å². The van der Waals surface area contributed by atoms with Crippen molar-refractivity contribution in [3.63, 3.8) is 0 Å². The van der Waals surface area contributed by atoms with Gasteiger partial charge in [-0.1, -0.05) is 26.7 Å². The van der Waals surface area contributed by atoms with Gasteiger partial charge in [-0.2, -0.15) is 0 Å². The summed E-state index contributed by atoms with van der Waals surface area (Å²) in [7, 11) is 0. The average Bonchev–Trinajstić information content (AvgIpc) is 2.35. The summed E-state index contributed by atoms with van der Waals surface area (Å²) in [6, 6.07) is -0.885. The lowest BCUT2D eigenvalue weighted by molar-refractivity contribution is -0.129. The molecule has 2 amide bonds. The fourth-order valence-corrected chi connectivity index (χ4v) is 1.60. The molecule has 0 aliphatic heterocycles. The molecule has 0 spiro atoms. The van der Waals surface area contributed by atoms with E-state index >= 15 is 0 Å². The predicted molar refractivity (Wildman–Crippen MR) is 74.4 cm³/mol. The maximum absolute atomic E-state index is 11.7. The Hall–Kier alpha value is -1.14. The molecule has 0 aromatic heterocycles. The van der Waals surface area contributed by atoms with Crippen LogP contribution in [0.15, 0.2) is 0 Å². The normalized spacial score (nSPS) is 12.3. The molecule has 0 saturated carbocycles. The second-order valence-electron chi connectivity index (χ2n) is 5.02. The number of aliphatic hydroxyl groups is 1. The highest BCUT2D eigenvalue weighted by atomic mass is 16.3.